The summed E-state index contributed by atoms with van der Waals surface area (Å²) in [6.07, 6.45) is -1.83. The van der Waals surface area contributed by atoms with Crippen LogP contribution in [0.3, 0.4) is 0 Å². The average Bonchev–Trinajstić information content (AvgIpc) is 2.83. The normalized spacial score (nSPS) is 21.3. The third kappa shape index (κ3) is 3.94. The number of hydrogen-bond acceptors (Lipinski definition) is 9. The maximum absolute atomic E-state index is 12.1. The van der Waals surface area contributed by atoms with E-state index in [0.29, 0.717) is 22.4 Å². The Morgan fingerprint density at radius 3 is 1.79 bits per heavy atom. The predicted molar refractivity (Wildman–Crippen MR) is 124 cm³/mol. The fraction of sp³-hybridized carbons (Fsp3) is 0.480. The molecule has 0 saturated carbocycles. The van der Waals surface area contributed by atoms with Crippen molar-refractivity contribution in [2.75, 3.05) is 35.5 Å². The fourth-order valence-electron chi connectivity index (χ4n) is 4.63. The second-order valence-electron chi connectivity index (χ2n) is 8.23. The molecule has 1 aliphatic rings. The Morgan fingerprint density at radius 2 is 1.29 bits per heavy atom. The van der Waals surface area contributed by atoms with Gasteiger partial charge in [0, 0.05) is 29.5 Å². The molecule has 4 atom stereocenters. The van der Waals surface area contributed by atoms with E-state index >= 15 is 0 Å². The molecule has 0 unspecified atom stereocenters. The van der Waals surface area contributed by atoms with Gasteiger partial charge < -0.3 is 38.6 Å². The van der Waals surface area contributed by atoms with E-state index in [1.54, 1.807) is 12.1 Å². The molecule has 0 radical (unpaired) electrons. The molecule has 2 N–H and O–H groups in total. The molecule has 1 aliphatic carbocycles. The van der Waals surface area contributed by atoms with Gasteiger partial charge in [0.15, 0.2) is 23.0 Å². The van der Waals surface area contributed by atoms with Crippen molar-refractivity contribution in [1.82, 2.24) is 0 Å². The van der Waals surface area contributed by atoms with Gasteiger partial charge in [-0.3, -0.25) is 4.79 Å². The molecule has 9 heteroatoms. The number of aromatic hydroxyl groups is 1. The summed E-state index contributed by atoms with van der Waals surface area (Å²) >= 11 is 0. The molecule has 2 aromatic rings. The molecule has 0 bridgehead atoms. The molecule has 0 aliphatic heterocycles. The molecular formula is C25H32O9. The van der Waals surface area contributed by atoms with Gasteiger partial charge in [0.25, 0.3) is 0 Å². The monoisotopic (exact) mass is 476 g/mol. The van der Waals surface area contributed by atoms with Gasteiger partial charge in [-0.15, -0.1) is 0 Å². The second-order valence-corrected chi connectivity index (χ2v) is 8.23. The minimum absolute atomic E-state index is 0.0846. The Morgan fingerprint density at radius 1 is 0.765 bits per heavy atom. The number of benzene rings is 2. The molecule has 0 spiro atoms. The van der Waals surface area contributed by atoms with E-state index in [9.17, 15) is 15.0 Å². The van der Waals surface area contributed by atoms with E-state index in [1.807, 2.05) is 13.8 Å². The van der Waals surface area contributed by atoms with Crippen LogP contribution >= 0.6 is 0 Å². The summed E-state index contributed by atoms with van der Waals surface area (Å²) < 4.78 is 33.5. The first kappa shape index (κ1) is 25.3. The average molecular weight is 477 g/mol. The Bertz CT molecular complexity index is 1080. The standard InChI is InChI=1S/C25H32O9/c1-11-12(2)22(34-13(3)26)15-10-16(29-4)23(31-6)21(28)18(15)19-14(20(11)27)9-17(30-5)24(32-7)25(19)33-8/h9-12,20,22,27-28H,1-8H3/t11-,12+,20-,22-/m1/s1. The van der Waals surface area contributed by atoms with Crippen LogP contribution in [-0.4, -0.2) is 51.7 Å². The van der Waals surface area contributed by atoms with E-state index in [2.05, 4.69) is 0 Å². The van der Waals surface area contributed by atoms with Crippen molar-refractivity contribution in [2.24, 2.45) is 11.8 Å². The van der Waals surface area contributed by atoms with Crippen LogP contribution in [-0.2, 0) is 9.53 Å². The second kappa shape index (κ2) is 9.89. The molecular weight excluding hydrogens is 444 g/mol. The first-order valence-corrected chi connectivity index (χ1v) is 10.8. The highest BCUT2D eigenvalue weighted by atomic mass is 16.5. The van der Waals surface area contributed by atoms with Crippen molar-refractivity contribution in [3.05, 3.63) is 23.3 Å². The lowest BCUT2D eigenvalue weighted by Gasteiger charge is -2.37. The number of aliphatic hydroxyl groups excluding tert-OH is 1. The molecule has 0 aromatic heterocycles. The number of carbonyl (C=O) groups excluding carboxylic acids is 1. The van der Waals surface area contributed by atoms with Gasteiger partial charge in [-0.1, -0.05) is 13.8 Å². The number of esters is 1. The van der Waals surface area contributed by atoms with Crippen molar-refractivity contribution in [3.8, 4) is 45.6 Å². The third-order valence-electron chi connectivity index (χ3n) is 6.51. The Balaban J connectivity index is 2.60. The molecule has 0 fully saturated rings. The van der Waals surface area contributed by atoms with E-state index in [4.69, 9.17) is 28.4 Å². The lowest BCUT2D eigenvalue weighted by molar-refractivity contribution is -0.151. The fourth-order valence-corrected chi connectivity index (χ4v) is 4.63. The lowest BCUT2D eigenvalue weighted by atomic mass is 9.74. The highest BCUT2D eigenvalue weighted by Gasteiger charge is 2.41. The summed E-state index contributed by atoms with van der Waals surface area (Å²) in [6, 6.07) is 3.33. The number of rotatable bonds is 6. The number of carbonyl (C=O) groups is 1. The van der Waals surface area contributed by atoms with E-state index in [1.165, 1.54) is 42.5 Å². The minimum Gasteiger partial charge on any atom is -0.504 e. The van der Waals surface area contributed by atoms with Crippen LogP contribution in [0, 0.1) is 11.8 Å². The molecule has 3 rings (SSSR count). The summed E-state index contributed by atoms with van der Waals surface area (Å²) in [5, 5.41) is 22.9. The quantitative estimate of drug-likeness (QED) is 0.597. The maximum atomic E-state index is 12.1. The smallest absolute Gasteiger partial charge is 0.303 e. The maximum Gasteiger partial charge on any atom is 0.303 e. The van der Waals surface area contributed by atoms with Crippen LogP contribution in [0.15, 0.2) is 12.1 Å². The lowest BCUT2D eigenvalue weighted by Crippen LogP contribution is -2.28. The molecule has 34 heavy (non-hydrogen) atoms. The summed E-state index contributed by atoms with van der Waals surface area (Å²) in [5.74, 6) is -0.246. The van der Waals surface area contributed by atoms with Gasteiger partial charge in [0.2, 0.25) is 11.5 Å². The van der Waals surface area contributed by atoms with Crippen molar-refractivity contribution in [2.45, 2.75) is 33.0 Å². The summed E-state index contributed by atoms with van der Waals surface area (Å²) in [5.41, 5.74) is 1.58. The van der Waals surface area contributed by atoms with Gasteiger partial charge in [-0.25, -0.2) is 0 Å². The topological polar surface area (TPSA) is 113 Å². The number of methoxy groups -OCH3 is 5. The number of fused-ring (bicyclic) bond motifs is 3. The van der Waals surface area contributed by atoms with Crippen LogP contribution in [0.4, 0.5) is 0 Å². The van der Waals surface area contributed by atoms with Crippen molar-refractivity contribution >= 4 is 5.97 Å². The van der Waals surface area contributed by atoms with Crippen molar-refractivity contribution < 1.29 is 43.4 Å². The highest BCUT2D eigenvalue weighted by molar-refractivity contribution is 5.89. The van der Waals surface area contributed by atoms with Crippen molar-refractivity contribution in [1.29, 1.82) is 0 Å². The molecule has 9 nitrogen and oxygen atoms in total. The molecule has 0 heterocycles. The summed E-state index contributed by atoms with van der Waals surface area (Å²) in [7, 11) is 7.26. The zero-order chi connectivity index (χ0) is 25.3. The molecule has 0 saturated heterocycles. The number of hydrogen-bond donors (Lipinski definition) is 2. The minimum atomic E-state index is -1.02. The van der Waals surface area contributed by atoms with Crippen LogP contribution < -0.4 is 23.7 Å². The Labute approximate surface area is 199 Å². The Kier molecular flexibility index (Phi) is 7.35. The summed E-state index contributed by atoms with van der Waals surface area (Å²) in [6.45, 7) is 5.06. The van der Waals surface area contributed by atoms with Gasteiger partial charge in [-0.2, -0.15) is 0 Å². The van der Waals surface area contributed by atoms with E-state index < -0.39 is 18.2 Å². The number of aliphatic hydroxyl groups is 1. The first-order chi connectivity index (χ1) is 16.2. The predicted octanol–water partition coefficient (Wildman–Crippen LogP) is 4.03. The summed E-state index contributed by atoms with van der Waals surface area (Å²) in [4.78, 5) is 12.1. The largest absolute Gasteiger partial charge is 0.504 e. The van der Waals surface area contributed by atoms with E-state index in [0.717, 1.165) is 0 Å². The van der Waals surface area contributed by atoms with E-state index in [-0.39, 0.29) is 46.1 Å². The first-order valence-electron chi connectivity index (χ1n) is 10.8. The van der Waals surface area contributed by atoms with Gasteiger partial charge >= 0.3 is 5.97 Å². The van der Waals surface area contributed by atoms with Crippen LogP contribution in [0.5, 0.6) is 34.5 Å². The molecule has 2 aromatic carbocycles. The Hall–Kier alpha value is -3.33. The van der Waals surface area contributed by atoms with Crippen molar-refractivity contribution in [3.63, 3.8) is 0 Å². The number of phenols is 1. The number of ether oxygens (including phenoxy) is 6. The van der Waals surface area contributed by atoms with Gasteiger partial charge in [-0.05, 0) is 23.6 Å². The SMILES string of the molecule is COc1cc2c(c(O)c1OC)-c1c(cc(OC)c(OC)c1OC)[C@H](O)[C@H](C)[C@H](C)[C@H]2OC(C)=O. The zero-order valence-electron chi connectivity index (χ0n) is 20.7. The van der Waals surface area contributed by atoms with Crippen LogP contribution in [0.25, 0.3) is 11.1 Å². The molecule has 186 valence electrons. The number of phenolic OH excluding ortho intramolecular Hbond substituents is 1. The zero-order valence-corrected chi connectivity index (χ0v) is 20.7. The highest BCUT2D eigenvalue weighted by Crippen LogP contribution is 2.59. The van der Waals surface area contributed by atoms with Gasteiger partial charge in [0.05, 0.1) is 41.7 Å². The molecule has 0 amide bonds. The van der Waals surface area contributed by atoms with Crippen LogP contribution in [0.1, 0.15) is 44.1 Å². The third-order valence-corrected chi connectivity index (χ3v) is 6.51. The van der Waals surface area contributed by atoms with Gasteiger partial charge in [0.1, 0.15) is 6.10 Å². The van der Waals surface area contributed by atoms with Crippen LogP contribution in [0.2, 0.25) is 0 Å².